The molecule has 3 nitrogen and oxygen atoms in total. The molecule has 1 aliphatic rings. The predicted molar refractivity (Wildman–Crippen MR) is 139 cm³/mol. The topological polar surface area (TPSA) is 41.5 Å². The number of amides is 1. The Hall–Kier alpha value is -2.92. The van der Waals surface area contributed by atoms with E-state index in [0.29, 0.717) is 12.1 Å². The fourth-order valence-corrected chi connectivity index (χ4v) is 6.30. The molecule has 0 saturated carbocycles. The summed E-state index contributed by atoms with van der Waals surface area (Å²) in [6, 6.07) is 20.6. The molecule has 0 aromatic heterocycles. The Morgan fingerprint density at radius 1 is 0.970 bits per heavy atom. The number of aliphatic imine (C=N–C) groups is 1. The predicted octanol–water partition coefficient (Wildman–Crippen LogP) is 7.35. The zero-order chi connectivity index (χ0) is 24.0. The summed E-state index contributed by atoms with van der Waals surface area (Å²) < 4.78 is 13.6. The van der Waals surface area contributed by atoms with E-state index in [1.165, 1.54) is 17.0 Å². The fourth-order valence-electron chi connectivity index (χ4n) is 3.89. The van der Waals surface area contributed by atoms with Crippen molar-refractivity contribution in [3.8, 4) is 0 Å². The summed E-state index contributed by atoms with van der Waals surface area (Å²) in [6.45, 7) is 6.77. The van der Waals surface area contributed by atoms with E-state index in [1.54, 1.807) is 12.1 Å². The van der Waals surface area contributed by atoms with Gasteiger partial charge in [-0.15, -0.1) is 0 Å². The van der Waals surface area contributed by atoms with Crippen molar-refractivity contribution >= 4 is 27.3 Å². The molecule has 0 radical (unpaired) electrons. The Labute approximate surface area is 198 Å². The summed E-state index contributed by atoms with van der Waals surface area (Å²) in [5.41, 5.74) is 4.13. The van der Waals surface area contributed by atoms with Crippen LogP contribution in [0.5, 0.6) is 0 Å². The van der Waals surface area contributed by atoms with Crippen molar-refractivity contribution in [2.45, 2.75) is 43.4 Å². The number of hydrogen-bond donors (Lipinski definition) is 1. The highest BCUT2D eigenvalue weighted by Gasteiger charge is 2.29. The molecule has 0 spiro atoms. The third-order valence-electron chi connectivity index (χ3n) is 5.63. The van der Waals surface area contributed by atoms with E-state index in [-0.39, 0.29) is 11.7 Å². The van der Waals surface area contributed by atoms with E-state index in [0.717, 1.165) is 40.3 Å². The maximum Gasteiger partial charge on any atom is 0.251 e. The molecular formula is C28H33FN2OS. The van der Waals surface area contributed by atoms with Crippen LogP contribution in [-0.4, -0.2) is 30.7 Å². The van der Waals surface area contributed by atoms with Gasteiger partial charge in [0, 0.05) is 33.0 Å². The second kappa shape index (κ2) is 10.8. The molecule has 0 unspecified atom stereocenters. The lowest BCUT2D eigenvalue weighted by molar-refractivity contribution is 0.0953. The molecule has 3 aromatic rings. The normalized spacial score (nSPS) is 14.4. The van der Waals surface area contributed by atoms with Crippen LogP contribution in [0.4, 0.5) is 10.1 Å². The summed E-state index contributed by atoms with van der Waals surface area (Å²) in [6.07, 6.45) is 6.51. The molecule has 33 heavy (non-hydrogen) atoms. The van der Waals surface area contributed by atoms with Gasteiger partial charge in [-0.25, -0.2) is 9.38 Å². The van der Waals surface area contributed by atoms with Crippen molar-refractivity contribution in [1.82, 2.24) is 5.32 Å². The van der Waals surface area contributed by atoms with Crippen LogP contribution >= 0.6 is 10.0 Å². The fraction of sp³-hybridized carbons (Fsp3) is 0.286. The molecule has 0 aliphatic carbocycles. The molecule has 1 N–H and O–H groups in total. The van der Waals surface area contributed by atoms with Crippen molar-refractivity contribution in [2.75, 3.05) is 19.1 Å². The van der Waals surface area contributed by atoms with Crippen LogP contribution in [0.25, 0.3) is 0 Å². The molecule has 4 rings (SSSR count). The Bertz CT molecular complexity index is 1150. The molecule has 0 bridgehead atoms. The molecule has 0 fully saturated rings. The number of nitrogens with one attached hydrogen (secondary N) is 1. The van der Waals surface area contributed by atoms with Gasteiger partial charge in [0.25, 0.3) is 5.91 Å². The number of fused-ring (bicyclic) bond motifs is 2. The molecular weight excluding hydrogens is 431 g/mol. The van der Waals surface area contributed by atoms with Gasteiger partial charge >= 0.3 is 0 Å². The van der Waals surface area contributed by atoms with Gasteiger partial charge in [0.1, 0.15) is 5.82 Å². The standard InChI is InChI=1S/C26H27FN2OS.C2H6/c1-4-5-16-28-26(30)19-12-15-24-22(17-19)29-25(18-10-13-20(27)14-11-18)21-8-6-7-9-23(21)31(24,2)3;1-2/h6-15,17H,4-5,16H2,1-3H3,(H,28,30);1-2H3. The zero-order valence-corrected chi connectivity index (χ0v) is 20.9. The van der Waals surface area contributed by atoms with Crippen LogP contribution in [-0.2, 0) is 0 Å². The molecule has 174 valence electrons. The minimum absolute atomic E-state index is 0.0793. The summed E-state index contributed by atoms with van der Waals surface area (Å²) in [4.78, 5) is 20.1. The van der Waals surface area contributed by atoms with Gasteiger partial charge in [0.2, 0.25) is 0 Å². The van der Waals surface area contributed by atoms with Gasteiger partial charge in [0.15, 0.2) is 0 Å². The summed E-state index contributed by atoms with van der Waals surface area (Å²) in [7, 11) is -1.37. The largest absolute Gasteiger partial charge is 0.352 e. The van der Waals surface area contributed by atoms with Crippen LogP contribution in [0.2, 0.25) is 0 Å². The third-order valence-corrected chi connectivity index (χ3v) is 8.53. The molecule has 0 saturated heterocycles. The first-order chi connectivity index (χ1) is 15.9. The van der Waals surface area contributed by atoms with Crippen molar-refractivity contribution < 1.29 is 9.18 Å². The highest BCUT2D eigenvalue weighted by Crippen LogP contribution is 2.62. The maximum absolute atomic E-state index is 13.6. The number of hydrogen-bond acceptors (Lipinski definition) is 2. The monoisotopic (exact) mass is 464 g/mol. The van der Waals surface area contributed by atoms with E-state index in [4.69, 9.17) is 4.99 Å². The summed E-state index contributed by atoms with van der Waals surface area (Å²) in [5.74, 6) is -0.354. The van der Waals surface area contributed by atoms with E-state index < -0.39 is 10.0 Å². The van der Waals surface area contributed by atoms with Crippen LogP contribution in [0.1, 0.15) is 55.1 Å². The van der Waals surface area contributed by atoms with Gasteiger partial charge in [-0.3, -0.25) is 4.79 Å². The number of rotatable bonds is 5. The first-order valence-corrected chi connectivity index (χ1v) is 14.0. The van der Waals surface area contributed by atoms with E-state index >= 15 is 0 Å². The first-order valence-electron chi connectivity index (χ1n) is 11.5. The first kappa shape index (κ1) is 24.7. The number of benzene rings is 3. The second-order valence-electron chi connectivity index (χ2n) is 8.08. The molecule has 1 aliphatic heterocycles. The number of unbranched alkanes of at least 4 members (excludes halogenated alkanes) is 1. The lowest BCUT2D eigenvalue weighted by Crippen LogP contribution is -2.24. The van der Waals surface area contributed by atoms with E-state index in [2.05, 4.69) is 43.0 Å². The molecule has 5 heteroatoms. The van der Waals surface area contributed by atoms with Crippen LogP contribution < -0.4 is 5.32 Å². The van der Waals surface area contributed by atoms with Crippen molar-refractivity contribution in [3.63, 3.8) is 0 Å². The molecule has 3 aromatic carbocycles. The second-order valence-corrected chi connectivity index (χ2v) is 11.6. The van der Waals surface area contributed by atoms with E-state index in [1.807, 2.05) is 38.1 Å². The molecule has 0 atom stereocenters. The van der Waals surface area contributed by atoms with Gasteiger partial charge < -0.3 is 5.32 Å². The van der Waals surface area contributed by atoms with Crippen molar-refractivity contribution in [3.05, 3.63) is 89.2 Å². The highest BCUT2D eigenvalue weighted by atomic mass is 32.3. The maximum atomic E-state index is 13.6. The number of halogens is 1. The smallest absolute Gasteiger partial charge is 0.251 e. The Balaban J connectivity index is 0.00000149. The quantitative estimate of drug-likeness (QED) is 0.394. The SMILES string of the molecule is CC.CCCCNC(=O)c1ccc2c(c1)N=C(c1ccc(F)cc1)c1ccccc1S2(C)C. The van der Waals surface area contributed by atoms with Crippen molar-refractivity contribution in [1.29, 1.82) is 0 Å². The highest BCUT2D eigenvalue weighted by molar-refractivity contribution is 8.32. The summed E-state index contributed by atoms with van der Waals surface area (Å²) in [5, 5.41) is 2.99. The number of carbonyl (C=O) groups is 1. The van der Waals surface area contributed by atoms with Crippen molar-refractivity contribution in [2.24, 2.45) is 4.99 Å². The zero-order valence-electron chi connectivity index (χ0n) is 20.1. The van der Waals surface area contributed by atoms with Crippen LogP contribution in [0.15, 0.2) is 81.5 Å². The Kier molecular flexibility index (Phi) is 8.09. The average Bonchev–Trinajstić information content (AvgIpc) is 2.93. The van der Waals surface area contributed by atoms with Gasteiger partial charge in [-0.2, -0.15) is 10.0 Å². The molecule has 1 heterocycles. The molecule has 1 amide bonds. The number of carbonyl (C=O) groups excluding carboxylic acids is 1. The van der Waals surface area contributed by atoms with Crippen LogP contribution in [0.3, 0.4) is 0 Å². The van der Waals surface area contributed by atoms with Gasteiger partial charge in [-0.05, 0) is 67.5 Å². The minimum Gasteiger partial charge on any atom is -0.352 e. The van der Waals surface area contributed by atoms with Gasteiger partial charge in [0.05, 0.1) is 11.4 Å². The van der Waals surface area contributed by atoms with Gasteiger partial charge in [-0.1, -0.05) is 45.4 Å². The lowest BCUT2D eigenvalue weighted by atomic mass is 10.0. The van der Waals surface area contributed by atoms with E-state index in [9.17, 15) is 9.18 Å². The lowest BCUT2D eigenvalue weighted by Gasteiger charge is -2.33. The number of nitrogens with zero attached hydrogens (tertiary/aromatic N) is 1. The summed E-state index contributed by atoms with van der Waals surface area (Å²) >= 11 is 0. The average molecular weight is 465 g/mol. The Morgan fingerprint density at radius 3 is 2.36 bits per heavy atom. The Morgan fingerprint density at radius 2 is 1.67 bits per heavy atom. The third kappa shape index (κ3) is 5.19. The minimum atomic E-state index is -1.37. The van der Waals surface area contributed by atoms with Crippen LogP contribution in [0, 0.1) is 5.82 Å².